The Hall–Kier alpha value is -3.02. The van der Waals surface area contributed by atoms with Gasteiger partial charge in [-0.05, 0) is 49.6 Å². The number of carbonyl (C=O) groups is 3. The van der Waals surface area contributed by atoms with E-state index in [1.54, 1.807) is 47.4 Å². The van der Waals surface area contributed by atoms with E-state index in [9.17, 15) is 18.8 Å². The zero-order chi connectivity index (χ0) is 21.1. The number of carbonyl (C=O) groups excluding carboxylic acids is 3. The average Bonchev–Trinajstić information content (AvgIpc) is 3.42. The second-order valence-corrected chi connectivity index (χ2v) is 7.96. The largest absolute Gasteiger partial charge is 0.457 e. The summed E-state index contributed by atoms with van der Waals surface area (Å²) in [6, 6.07) is 13.0. The van der Waals surface area contributed by atoms with Crippen LogP contribution in [0.4, 0.5) is 10.1 Å². The van der Waals surface area contributed by atoms with Crippen molar-refractivity contribution in [2.24, 2.45) is 0 Å². The minimum absolute atomic E-state index is 0.0815. The summed E-state index contributed by atoms with van der Waals surface area (Å²) < 4.78 is 19.8. The molecule has 1 aliphatic heterocycles. The molecule has 0 radical (unpaired) electrons. The lowest BCUT2D eigenvalue weighted by molar-refractivity contribution is -0.149. The summed E-state index contributed by atoms with van der Waals surface area (Å²) in [5, 5.41) is 0. The summed E-state index contributed by atoms with van der Waals surface area (Å²) >= 11 is 0. The summed E-state index contributed by atoms with van der Waals surface area (Å²) in [5.74, 6) is -1.21. The highest BCUT2D eigenvalue weighted by Crippen LogP contribution is 2.43. The van der Waals surface area contributed by atoms with Crippen molar-refractivity contribution in [3.05, 3.63) is 65.5 Å². The van der Waals surface area contributed by atoms with Gasteiger partial charge in [-0.2, -0.15) is 0 Å². The molecule has 1 aliphatic carbocycles. The molecule has 2 aromatic carbocycles. The lowest BCUT2D eigenvalue weighted by atomic mass is 9.78. The Morgan fingerprint density at radius 3 is 2.33 bits per heavy atom. The first kappa shape index (κ1) is 20.3. The molecule has 1 heterocycles. The maximum absolute atomic E-state index is 14.4. The summed E-state index contributed by atoms with van der Waals surface area (Å²) in [7, 11) is 0. The van der Waals surface area contributed by atoms with Crippen LogP contribution in [0.15, 0.2) is 48.5 Å². The van der Waals surface area contributed by atoms with Crippen LogP contribution in [0.5, 0.6) is 0 Å². The maximum atomic E-state index is 14.4. The number of halogens is 1. The zero-order valence-electron chi connectivity index (χ0n) is 16.7. The third kappa shape index (κ3) is 3.74. The molecular weight excluding hydrogens is 385 g/mol. The van der Waals surface area contributed by atoms with E-state index in [1.165, 1.54) is 6.07 Å². The van der Waals surface area contributed by atoms with Gasteiger partial charge in [-0.25, -0.2) is 4.39 Å². The molecular formula is C24H24FNO4. The highest BCUT2D eigenvalue weighted by Gasteiger charge is 2.46. The molecule has 0 spiro atoms. The molecule has 4 rings (SSSR count). The molecule has 2 fully saturated rings. The Labute approximate surface area is 174 Å². The minimum Gasteiger partial charge on any atom is -0.457 e. The first-order valence-electron chi connectivity index (χ1n) is 10.4. The van der Waals surface area contributed by atoms with Crippen LogP contribution >= 0.6 is 0 Å². The van der Waals surface area contributed by atoms with Crippen LogP contribution < -0.4 is 4.90 Å². The van der Waals surface area contributed by atoms with E-state index in [0.29, 0.717) is 36.9 Å². The number of benzene rings is 2. The van der Waals surface area contributed by atoms with Gasteiger partial charge in [0.15, 0.2) is 12.4 Å². The first-order valence-corrected chi connectivity index (χ1v) is 10.4. The van der Waals surface area contributed by atoms with Crippen molar-refractivity contribution >= 4 is 23.3 Å². The van der Waals surface area contributed by atoms with Gasteiger partial charge < -0.3 is 9.64 Å². The fraction of sp³-hybridized carbons (Fsp3) is 0.375. The van der Waals surface area contributed by atoms with E-state index in [4.69, 9.17) is 4.74 Å². The van der Waals surface area contributed by atoms with Crippen LogP contribution in [0.3, 0.4) is 0 Å². The topological polar surface area (TPSA) is 63.7 Å². The lowest BCUT2D eigenvalue weighted by Gasteiger charge is -2.27. The average molecular weight is 409 g/mol. The van der Waals surface area contributed by atoms with E-state index in [-0.39, 0.29) is 11.7 Å². The van der Waals surface area contributed by atoms with Crippen LogP contribution in [0.25, 0.3) is 0 Å². The highest BCUT2D eigenvalue weighted by molar-refractivity contribution is 6.00. The summed E-state index contributed by atoms with van der Waals surface area (Å²) in [4.78, 5) is 39.0. The Morgan fingerprint density at radius 2 is 1.70 bits per heavy atom. The van der Waals surface area contributed by atoms with Gasteiger partial charge in [0, 0.05) is 29.8 Å². The van der Waals surface area contributed by atoms with Crippen molar-refractivity contribution in [1.82, 2.24) is 0 Å². The molecule has 6 heteroatoms. The van der Waals surface area contributed by atoms with E-state index < -0.39 is 23.8 Å². The smallest absolute Gasteiger partial charge is 0.317 e. The number of ether oxygens (including phenoxy) is 1. The van der Waals surface area contributed by atoms with Crippen molar-refractivity contribution < 1.29 is 23.5 Å². The van der Waals surface area contributed by atoms with Gasteiger partial charge in [0.25, 0.3) is 0 Å². The molecule has 1 saturated heterocycles. The fourth-order valence-electron chi connectivity index (χ4n) is 4.51. The minimum atomic E-state index is -1.02. The maximum Gasteiger partial charge on any atom is 0.317 e. The second kappa shape index (κ2) is 8.38. The van der Waals surface area contributed by atoms with E-state index in [2.05, 4.69) is 0 Å². The van der Waals surface area contributed by atoms with Crippen LogP contribution in [-0.4, -0.2) is 30.8 Å². The fourth-order valence-corrected chi connectivity index (χ4v) is 4.51. The van der Waals surface area contributed by atoms with Crippen molar-refractivity contribution in [1.29, 1.82) is 0 Å². The predicted octanol–water partition coefficient (Wildman–Crippen LogP) is 4.19. The molecule has 0 atom stereocenters. The molecule has 0 unspecified atom stereocenters. The Balaban J connectivity index is 1.43. The van der Waals surface area contributed by atoms with Gasteiger partial charge in [-0.15, -0.1) is 0 Å². The zero-order valence-corrected chi connectivity index (χ0v) is 16.7. The number of anilines is 1. The normalized spacial score (nSPS) is 17.9. The number of Topliss-reactive ketones (excluding diaryl/α,β-unsaturated/α-hetero) is 1. The van der Waals surface area contributed by atoms with Gasteiger partial charge >= 0.3 is 5.97 Å². The molecule has 2 aromatic rings. The van der Waals surface area contributed by atoms with Crippen LogP contribution in [0.2, 0.25) is 0 Å². The Kier molecular flexibility index (Phi) is 5.66. The molecule has 1 saturated carbocycles. The number of hydrogen-bond acceptors (Lipinski definition) is 4. The highest BCUT2D eigenvalue weighted by atomic mass is 19.1. The number of nitrogens with zero attached hydrogens (tertiary/aromatic N) is 1. The third-order valence-corrected chi connectivity index (χ3v) is 6.15. The lowest BCUT2D eigenvalue weighted by Crippen LogP contribution is -2.36. The van der Waals surface area contributed by atoms with Gasteiger partial charge in [-0.3, -0.25) is 14.4 Å². The molecule has 156 valence electrons. The van der Waals surface area contributed by atoms with Crippen LogP contribution in [-0.2, 0) is 19.7 Å². The molecule has 2 aliphatic rings. The van der Waals surface area contributed by atoms with Gasteiger partial charge in [-0.1, -0.05) is 31.0 Å². The molecule has 0 bridgehead atoms. The van der Waals surface area contributed by atoms with Crippen molar-refractivity contribution in [3.63, 3.8) is 0 Å². The number of amides is 1. The van der Waals surface area contributed by atoms with E-state index in [0.717, 1.165) is 24.9 Å². The van der Waals surface area contributed by atoms with Gasteiger partial charge in [0.2, 0.25) is 5.91 Å². The summed E-state index contributed by atoms with van der Waals surface area (Å²) in [6.07, 6.45) is 4.03. The number of esters is 1. The molecule has 0 aromatic heterocycles. The molecule has 1 amide bonds. The summed E-state index contributed by atoms with van der Waals surface area (Å²) in [6.45, 7) is 0.291. The second-order valence-electron chi connectivity index (χ2n) is 7.96. The SMILES string of the molecule is O=C(COC(=O)C1(c2ccccc2F)CCCC1)c1ccc(N2CCCC2=O)cc1. The molecule has 0 N–H and O–H groups in total. The van der Waals surface area contributed by atoms with Crippen molar-refractivity contribution in [3.8, 4) is 0 Å². The Morgan fingerprint density at radius 1 is 1.00 bits per heavy atom. The molecule has 5 nitrogen and oxygen atoms in total. The molecule has 30 heavy (non-hydrogen) atoms. The number of hydrogen-bond donors (Lipinski definition) is 0. The third-order valence-electron chi connectivity index (χ3n) is 6.15. The first-order chi connectivity index (χ1) is 14.5. The number of rotatable bonds is 6. The van der Waals surface area contributed by atoms with Crippen LogP contribution in [0.1, 0.15) is 54.4 Å². The van der Waals surface area contributed by atoms with E-state index >= 15 is 0 Å². The van der Waals surface area contributed by atoms with Gasteiger partial charge in [0.1, 0.15) is 5.82 Å². The Bertz CT molecular complexity index is 963. The monoisotopic (exact) mass is 409 g/mol. The van der Waals surface area contributed by atoms with Crippen LogP contribution in [0, 0.1) is 5.82 Å². The number of ketones is 1. The van der Waals surface area contributed by atoms with Crippen molar-refractivity contribution in [2.75, 3.05) is 18.1 Å². The van der Waals surface area contributed by atoms with E-state index in [1.807, 2.05) is 0 Å². The van der Waals surface area contributed by atoms with Crippen molar-refractivity contribution in [2.45, 2.75) is 43.9 Å². The standard InChI is InChI=1S/C24H24FNO4/c25-20-7-2-1-6-19(20)24(13-3-4-14-24)23(29)30-16-21(27)17-9-11-18(12-10-17)26-15-5-8-22(26)28/h1-2,6-7,9-12H,3-5,8,13-16H2. The summed E-state index contributed by atoms with van der Waals surface area (Å²) in [5.41, 5.74) is 0.491. The quantitative estimate of drug-likeness (QED) is 0.530. The predicted molar refractivity (Wildman–Crippen MR) is 110 cm³/mol. The van der Waals surface area contributed by atoms with Gasteiger partial charge in [0.05, 0.1) is 5.41 Å².